The number of ether oxygens (including phenoxy) is 1. The monoisotopic (exact) mass is 232 g/mol. The Labute approximate surface area is 98.8 Å². The van der Waals surface area contributed by atoms with Crippen LogP contribution < -0.4 is 10.1 Å². The lowest BCUT2D eigenvalue weighted by Crippen LogP contribution is -2.48. The highest BCUT2D eigenvalue weighted by Gasteiger charge is 2.15. The van der Waals surface area contributed by atoms with Crippen LogP contribution in [0.25, 0.3) is 17.0 Å². The third-order valence-electron chi connectivity index (χ3n) is 2.44. The second kappa shape index (κ2) is 4.82. The Hall–Kier alpha value is -2.10. The first kappa shape index (κ1) is 11.4. The molecule has 17 heavy (non-hydrogen) atoms. The van der Waals surface area contributed by atoms with Crippen molar-refractivity contribution in [2.45, 2.75) is 6.92 Å². The zero-order chi connectivity index (χ0) is 12.3. The van der Waals surface area contributed by atoms with E-state index in [1.807, 2.05) is 19.1 Å². The fraction of sp³-hybridized carbons (Fsp3) is 0.231. The molecule has 0 aliphatic heterocycles. The molecule has 1 aromatic carbocycles. The number of nitrogens with zero attached hydrogens (tertiary/aromatic N) is 1. The number of hydrogen-bond donors (Lipinski definition) is 0. The maximum atomic E-state index is 12.0. The Bertz CT molecular complexity index is 614. The predicted octanol–water partition coefficient (Wildman–Crippen LogP) is 1.62. The molecule has 0 fully saturated rings. The van der Waals surface area contributed by atoms with E-state index in [0.717, 1.165) is 0 Å². The SMILES string of the molecule is CCO/C=C/c1oc2ccccc2c(=O)[n+]1C. The molecule has 0 radical (unpaired) electrons. The predicted molar refractivity (Wildman–Crippen MR) is 64.3 cm³/mol. The Morgan fingerprint density at radius 3 is 2.94 bits per heavy atom. The van der Waals surface area contributed by atoms with Crippen LogP contribution in [0, 0.1) is 0 Å². The van der Waals surface area contributed by atoms with Crippen molar-refractivity contribution in [3.05, 3.63) is 46.8 Å². The van der Waals surface area contributed by atoms with Crippen LogP contribution in [0.4, 0.5) is 0 Å². The van der Waals surface area contributed by atoms with Crippen molar-refractivity contribution in [3.63, 3.8) is 0 Å². The zero-order valence-corrected chi connectivity index (χ0v) is 9.84. The smallest absolute Gasteiger partial charge is 0.426 e. The molecule has 0 aliphatic carbocycles. The van der Waals surface area contributed by atoms with E-state index in [1.54, 1.807) is 25.3 Å². The summed E-state index contributed by atoms with van der Waals surface area (Å²) in [6, 6.07) is 7.17. The minimum atomic E-state index is -0.0806. The molecule has 0 spiro atoms. The van der Waals surface area contributed by atoms with E-state index in [1.165, 1.54) is 10.8 Å². The molecule has 2 rings (SSSR count). The van der Waals surface area contributed by atoms with E-state index in [9.17, 15) is 4.79 Å². The molecule has 88 valence electrons. The van der Waals surface area contributed by atoms with Crippen molar-refractivity contribution in [1.82, 2.24) is 0 Å². The van der Waals surface area contributed by atoms with Gasteiger partial charge in [-0.15, -0.1) is 4.57 Å². The van der Waals surface area contributed by atoms with Crippen LogP contribution in [0.2, 0.25) is 0 Å². The molecule has 0 saturated heterocycles. The number of benzene rings is 1. The lowest BCUT2D eigenvalue weighted by atomic mass is 10.2. The highest BCUT2D eigenvalue weighted by Crippen LogP contribution is 2.09. The minimum absolute atomic E-state index is 0.0806. The van der Waals surface area contributed by atoms with Gasteiger partial charge in [0.25, 0.3) is 0 Å². The second-order valence-corrected chi connectivity index (χ2v) is 3.56. The van der Waals surface area contributed by atoms with E-state index < -0.39 is 0 Å². The summed E-state index contributed by atoms with van der Waals surface area (Å²) in [5.41, 5.74) is 0.495. The van der Waals surface area contributed by atoms with Crippen molar-refractivity contribution < 1.29 is 13.7 Å². The van der Waals surface area contributed by atoms with Gasteiger partial charge in [0.2, 0.25) is 0 Å². The third-order valence-corrected chi connectivity index (χ3v) is 2.44. The van der Waals surface area contributed by atoms with Crippen LogP contribution in [0.5, 0.6) is 0 Å². The van der Waals surface area contributed by atoms with Crippen LogP contribution in [0.3, 0.4) is 0 Å². The normalized spacial score (nSPS) is 11.2. The first-order valence-electron chi connectivity index (χ1n) is 5.44. The molecule has 0 atom stereocenters. The van der Waals surface area contributed by atoms with Crippen molar-refractivity contribution in [2.24, 2.45) is 7.05 Å². The van der Waals surface area contributed by atoms with E-state index in [-0.39, 0.29) is 5.56 Å². The summed E-state index contributed by atoms with van der Waals surface area (Å²) in [7, 11) is 1.67. The molecule has 2 aromatic rings. The zero-order valence-electron chi connectivity index (χ0n) is 9.84. The summed E-state index contributed by atoms with van der Waals surface area (Å²) in [5, 5.41) is 0.573. The van der Waals surface area contributed by atoms with Crippen molar-refractivity contribution >= 4 is 17.0 Å². The molecule has 0 amide bonds. The molecule has 0 bridgehead atoms. The second-order valence-electron chi connectivity index (χ2n) is 3.56. The van der Waals surface area contributed by atoms with Crippen molar-refractivity contribution in [2.75, 3.05) is 6.61 Å². The summed E-state index contributed by atoms with van der Waals surface area (Å²) in [6.45, 7) is 2.47. The van der Waals surface area contributed by atoms with Gasteiger partial charge in [0.1, 0.15) is 12.4 Å². The highest BCUT2D eigenvalue weighted by atomic mass is 16.5. The average molecular weight is 232 g/mol. The number of fused-ring (bicyclic) bond motifs is 1. The number of rotatable bonds is 3. The van der Waals surface area contributed by atoms with Gasteiger partial charge in [0, 0.05) is 0 Å². The van der Waals surface area contributed by atoms with Gasteiger partial charge in [-0.25, -0.2) is 4.79 Å². The molecular formula is C13H14NO3+. The van der Waals surface area contributed by atoms with E-state index in [4.69, 9.17) is 9.15 Å². The van der Waals surface area contributed by atoms with Gasteiger partial charge in [0.15, 0.2) is 5.58 Å². The minimum Gasteiger partial charge on any atom is -0.501 e. The van der Waals surface area contributed by atoms with Crippen LogP contribution in [-0.4, -0.2) is 6.61 Å². The van der Waals surface area contributed by atoms with Gasteiger partial charge in [-0.3, -0.25) is 0 Å². The summed E-state index contributed by atoms with van der Waals surface area (Å²) >= 11 is 0. The van der Waals surface area contributed by atoms with Crippen molar-refractivity contribution in [3.8, 4) is 0 Å². The average Bonchev–Trinajstić information content (AvgIpc) is 2.35. The fourth-order valence-electron chi connectivity index (χ4n) is 1.54. The molecule has 1 aromatic heterocycles. The van der Waals surface area contributed by atoms with E-state index in [2.05, 4.69) is 0 Å². The van der Waals surface area contributed by atoms with Gasteiger partial charge in [-0.1, -0.05) is 12.1 Å². The quantitative estimate of drug-likeness (QED) is 0.596. The third kappa shape index (κ3) is 2.20. The molecular weight excluding hydrogens is 218 g/mol. The Balaban J connectivity index is 2.58. The molecule has 4 heteroatoms. The van der Waals surface area contributed by atoms with Crippen LogP contribution in [-0.2, 0) is 11.8 Å². The van der Waals surface area contributed by atoms with Gasteiger partial charge < -0.3 is 9.15 Å². The molecule has 1 heterocycles. The summed E-state index contributed by atoms with van der Waals surface area (Å²) < 4.78 is 12.2. The molecule has 0 aliphatic rings. The molecule has 4 nitrogen and oxygen atoms in total. The number of para-hydroxylation sites is 1. The maximum absolute atomic E-state index is 12.0. The van der Waals surface area contributed by atoms with Gasteiger partial charge >= 0.3 is 11.4 Å². The molecule has 0 saturated carbocycles. The Morgan fingerprint density at radius 2 is 2.18 bits per heavy atom. The first-order chi connectivity index (χ1) is 8.24. The lowest BCUT2D eigenvalue weighted by Gasteiger charge is -1.97. The maximum Gasteiger partial charge on any atom is 0.426 e. The Kier molecular flexibility index (Phi) is 3.23. The largest absolute Gasteiger partial charge is 0.501 e. The number of aromatic nitrogens is 1. The fourth-order valence-corrected chi connectivity index (χ4v) is 1.54. The molecule has 0 unspecified atom stereocenters. The van der Waals surface area contributed by atoms with Gasteiger partial charge in [-0.05, 0) is 19.1 Å². The lowest BCUT2D eigenvalue weighted by molar-refractivity contribution is -0.695. The summed E-state index contributed by atoms with van der Waals surface area (Å²) in [4.78, 5) is 12.0. The van der Waals surface area contributed by atoms with E-state index in [0.29, 0.717) is 23.5 Å². The van der Waals surface area contributed by atoms with Crippen LogP contribution in [0.1, 0.15) is 12.8 Å². The van der Waals surface area contributed by atoms with Crippen LogP contribution in [0.15, 0.2) is 39.7 Å². The highest BCUT2D eigenvalue weighted by molar-refractivity contribution is 5.74. The summed E-state index contributed by atoms with van der Waals surface area (Å²) in [6.07, 6.45) is 3.16. The Morgan fingerprint density at radius 1 is 1.41 bits per heavy atom. The van der Waals surface area contributed by atoms with Gasteiger partial charge in [0.05, 0.1) is 18.9 Å². The van der Waals surface area contributed by atoms with E-state index >= 15 is 0 Å². The summed E-state index contributed by atoms with van der Waals surface area (Å²) in [5.74, 6) is 0.460. The molecule has 0 N–H and O–H groups in total. The first-order valence-corrected chi connectivity index (χ1v) is 5.44. The number of hydrogen-bond acceptors (Lipinski definition) is 3. The standard InChI is InChI=1S/C13H14NO3/c1-3-16-9-8-12-14(2)13(15)10-6-4-5-7-11(10)17-12/h4-9H,3H2,1-2H3/q+1/b9-8+. The topological polar surface area (TPSA) is 43.3 Å². The van der Waals surface area contributed by atoms with Crippen molar-refractivity contribution in [1.29, 1.82) is 0 Å². The van der Waals surface area contributed by atoms with Crippen LogP contribution >= 0.6 is 0 Å². The van der Waals surface area contributed by atoms with Gasteiger partial charge in [-0.2, -0.15) is 0 Å².